The molecule has 0 bridgehead atoms. The molecule has 0 heterocycles. The minimum absolute atomic E-state index is 0.172. The van der Waals surface area contributed by atoms with E-state index in [0.717, 1.165) is 12.1 Å². The smallest absolute Gasteiger partial charge is 0.241 e. The molecule has 28 heavy (non-hydrogen) atoms. The number of aryl methyl sites for hydroxylation is 1. The fourth-order valence-corrected chi connectivity index (χ4v) is 4.41. The maximum absolute atomic E-state index is 12.7. The molecule has 1 atom stereocenters. The Labute approximate surface area is 171 Å². The van der Waals surface area contributed by atoms with Crippen LogP contribution < -0.4 is 10.0 Å². The average molecular weight is 412 g/mol. The van der Waals surface area contributed by atoms with Gasteiger partial charge in [-0.15, -0.1) is 0 Å². The van der Waals surface area contributed by atoms with Gasteiger partial charge in [0.2, 0.25) is 15.9 Å². The Bertz CT molecular complexity index is 705. The van der Waals surface area contributed by atoms with Crippen molar-refractivity contribution >= 4 is 15.9 Å². The highest BCUT2D eigenvalue weighted by Gasteiger charge is 2.26. The third kappa shape index (κ3) is 7.89. The maximum Gasteiger partial charge on any atom is 0.241 e. The molecule has 2 N–H and O–H groups in total. The van der Waals surface area contributed by atoms with Gasteiger partial charge < -0.3 is 5.32 Å². The van der Waals surface area contributed by atoms with Crippen molar-refractivity contribution in [1.29, 1.82) is 0 Å². The molecule has 0 saturated carbocycles. The van der Waals surface area contributed by atoms with E-state index in [2.05, 4.69) is 42.6 Å². The Kier molecular flexibility index (Phi) is 9.60. The normalized spacial score (nSPS) is 13.5. The largest absolute Gasteiger partial charge is 0.353 e. The molecule has 6 nitrogen and oxygen atoms in total. The van der Waals surface area contributed by atoms with E-state index >= 15 is 0 Å². The predicted molar refractivity (Wildman–Crippen MR) is 115 cm³/mol. The first kappa shape index (κ1) is 24.6. The van der Waals surface area contributed by atoms with E-state index in [1.165, 1.54) is 0 Å². The Hall–Kier alpha value is -1.44. The fourth-order valence-electron chi connectivity index (χ4n) is 3.20. The number of sulfonamides is 1. The quantitative estimate of drug-likeness (QED) is 0.587. The molecule has 1 amide bonds. The van der Waals surface area contributed by atoms with Gasteiger partial charge >= 0.3 is 0 Å². The van der Waals surface area contributed by atoms with Gasteiger partial charge in [-0.3, -0.25) is 9.69 Å². The molecule has 0 aliphatic carbocycles. The van der Waals surface area contributed by atoms with Gasteiger partial charge in [0.1, 0.15) is 6.04 Å². The summed E-state index contributed by atoms with van der Waals surface area (Å²) in [5.74, 6) is -0.101. The number of nitrogens with zero attached hydrogens (tertiary/aromatic N) is 1. The Balaban J connectivity index is 2.81. The molecule has 0 radical (unpaired) electrons. The third-order valence-electron chi connectivity index (χ3n) is 4.65. The Morgan fingerprint density at radius 3 is 2.00 bits per heavy atom. The second kappa shape index (κ2) is 10.9. The van der Waals surface area contributed by atoms with Crippen LogP contribution in [0.2, 0.25) is 0 Å². The van der Waals surface area contributed by atoms with Crippen LogP contribution in [0.5, 0.6) is 0 Å². The van der Waals surface area contributed by atoms with Gasteiger partial charge in [-0.25, -0.2) is 8.42 Å². The Morgan fingerprint density at radius 2 is 1.54 bits per heavy atom. The summed E-state index contributed by atoms with van der Waals surface area (Å²) in [6.45, 7) is 15.5. The minimum atomic E-state index is -3.76. The van der Waals surface area contributed by atoms with Crippen molar-refractivity contribution in [2.45, 2.75) is 77.9 Å². The summed E-state index contributed by atoms with van der Waals surface area (Å²) in [5.41, 5.74) is 0.982. The molecule has 1 aromatic rings. The van der Waals surface area contributed by atoms with Crippen LogP contribution in [-0.2, 0) is 14.8 Å². The lowest BCUT2D eigenvalue weighted by atomic mass is 10.0. The zero-order chi connectivity index (χ0) is 21.5. The summed E-state index contributed by atoms with van der Waals surface area (Å²) < 4.78 is 28.0. The van der Waals surface area contributed by atoms with Crippen LogP contribution in [0.25, 0.3) is 0 Å². The molecule has 0 aromatic heterocycles. The number of benzene rings is 1. The summed E-state index contributed by atoms with van der Waals surface area (Å²) in [7, 11) is -3.76. The van der Waals surface area contributed by atoms with E-state index in [1.807, 2.05) is 20.8 Å². The molecule has 0 aliphatic rings. The van der Waals surface area contributed by atoms with E-state index in [1.54, 1.807) is 24.3 Å². The monoisotopic (exact) mass is 411 g/mol. The standard InChI is InChI=1S/C21H37N3O3S/c1-15(2)14-20(21(25)22-12-13-24(16(3)4)17(5)6)23-28(26,27)19-10-8-18(7)9-11-19/h8-11,15-17,20,23H,12-14H2,1-7H3,(H,22,25). The lowest BCUT2D eigenvalue weighted by molar-refractivity contribution is -0.123. The van der Waals surface area contributed by atoms with Crippen LogP contribution in [-0.4, -0.2) is 50.4 Å². The molecule has 1 rings (SSSR count). The molecule has 7 heteroatoms. The zero-order valence-electron chi connectivity index (χ0n) is 18.3. The van der Waals surface area contributed by atoms with Gasteiger partial charge in [0.05, 0.1) is 4.90 Å². The number of carbonyl (C=O) groups excluding carboxylic acids is 1. The van der Waals surface area contributed by atoms with Crippen molar-refractivity contribution in [1.82, 2.24) is 14.9 Å². The molecule has 160 valence electrons. The second-order valence-electron chi connectivity index (χ2n) is 8.33. The lowest BCUT2D eigenvalue weighted by Crippen LogP contribution is -2.49. The zero-order valence-corrected chi connectivity index (χ0v) is 19.1. The minimum Gasteiger partial charge on any atom is -0.353 e. The number of hydrogen-bond donors (Lipinski definition) is 2. The summed E-state index contributed by atoms with van der Waals surface area (Å²) in [5, 5.41) is 2.90. The molecular weight excluding hydrogens is 374 g/mol. The predicted octanol–water partition coefficient (Wildman–Crippen LogP) is 2.92. The maximum atomic E-state index is 12.7. The summed E-state index contributed by atoms with van der Waals surface area (Å²) in [6.07, 6.45) is 0.439. The van der Waals surface area contributed by atoms with Crippen molar-refractivity contribution in [3.05, 3.63) is 29.8 Å². The number of amides is 1. The topological polar surface area (TPSA) is 78.5 Å². The van der Waals surface area contributed by atoms with Crippen molar-refractivity contribution in [3.63, 3.8) is 0 Å². The number of carbonyl (C=O) groups is 1. The van der Waals surface area contributed by atoms with E-state index in [4.69, 9.17) is 0 Å². The molecule has 1 unspecified atom stereocenters. The van der Waals surface area contributed by atoms with Crippen molar-refractivity contribution < 1.29 is 13.2 Å². The molecule has 0 spiro atoms. The van der Waals surface area contributed by atoms with E-state index in [9.17, 15) is 13.2 Å². The first-order valence-electron chi connectivity index (χ1n) is 10.1. The molecular formula is C21H37N3O3S. The Morgan fingerprint density at radius 1 is 1.00 bits per heavy atom. The lowest BCUT2D eigenvalue weighted by Gasteiger charge is -2.30. The molecule has 0 saturated heterocycles. The summed E-state index contributed by atoms with van der Waals surface area (Å²) in [4.78, 5) is 15.2. The second-order valence-corrected chi connectivity index (χ2v) is 10.0. The van der Waals surface area contributed by atoms with Crippen LogP contribution in [0.1, 0.15) is 53.5 Å². The first-order chi connectivity index (χ1) is 12.9. The van der Waals surface area contributed by atoms with Gasteiger partial charge in [-0.2, -0.15) is 4.72 Å². The van der Waals surface area contributed by atoms with Crippen LogP contribution in [0.15, 0.2) is 29.2 Å². The van der Waals surface area contributed by atoms with Crippen LogP contribution in [0.3, 0.4) is 0 Å². The van der Waals surface area contributed by atoms with E-state index < -0.39 is 16.1 Å². The fraction of sp³-hybridized carbons (Fsp3) is 0.667. The highest BCUT2D eigenvalue weighted by atomic mass is 32.2. The van der Waals surface area contributed by atoms with E-state index in [0.29, 0.717) is 25.0 Å². The van der Waals surface area contributed by atoms with Crippen LogP contribution >= 0.6 is 0 Å². The van der Waals surface area contributed by atoms with Gasteiger partial charge in [-0.1, -0.05) is 31.5 Å². The van der Waals surface area contributed by atoms with E-state index in [-0.39, 0.29) is 16.7 Å². The van der Waals surface area contributed by atoms with Gasteiger partial charge in [0.15, 0.2) is 0 Å². The van der Waals surface area contributed by atoms with Gasteiger partial charge in [0.25, 0.3) is 0 Å². The first-order valence-corrected chi connectivity index (χ1v) is 11.5. The van der Waals surface area contributed by atoms with Gasteiger partial charge in [-0.05, 0) is 59.1 Å². The molecule has 0 fully saturated rings. The highest BCUT2D eigenvalue weighted by molar-refractivity contribution is 7.89. The van der Waals surface area contributed by atoms with Gasteiger partial charge in [0, 0.05) is 25.2 Å². The average Bonchev–Trinajstić information content (AvgIpc) is 2.57. The van der Waals surface area contributed by atoms with Crippen molar-refractivity contribution in [3.8, 4) is 0 Å². The third-order valence-corrected chi connectivity index (χ3v) is 6.14. The van der Waals surface area contributed by atoms with Crippen LogP contribution in [0, 0.1) is 12.8 Å². The number of hydrogen-bond acceptors (Lipinski definition) is 4. The van der Waals surface area contributed by atoms with Crippen LogP contribution in [0.4, 0.5) is 0 Å². The van der Waals surface area contributed by atoms with Crippen molar-refractivity contribution in [2.75, 3.05) is 13.1 Å². The summed E-state index contributed by atoms with van der Waals surface area (Å²) >= 11 is 0. The molecule has 1 aromatic carbocycles. The molecule has 0 aliphatic heterocycles. The van der Waals surface area contributed by atoms with Crippen molar-refractivity contribution in [2.24, 2.45) is 5.92 Å². The SMILES string of the molecule is Cc1ccc(S(=O)(=O)NC(CC(C)C)C(=O)NCCN(C(C)C)C(C)C)cc1. The number of rotatable bonds is 11. The number of nitrogens with one attached hydrogen (secondary N) is 2. The summed E-state index contributed by atoms with van der Waals surface area (Å²) in [6, 6.07) is 6.58. The highest BCUT2D eigenvalue weighted by Crippen LogP contribution is 2.13.